The SMILES string of the molecule is CNC(=O)[C@H](Cc1ccccc1)N(Cc1cccc(Cl)c1)C(=O)CN(c1cc(OC)ccc1OC)S(C)(=O)=O. The molecule has 0 aliphatic carbocycles. The number of nitrogens with one attached hydrogen (secondary N) is 1. The van der Waals surface area contributed by atoms with Crippen LogP contribution in [0.25, 0.3) is 0 Å². The summed E-state index contributed by atoms with van der Waals surface area (Å²) in [6, 6.07) is 19.9. The largest absolute Gasteiger partial charge is 0.497 e. The predicted molar refractivity (Wildman–Crippen MR) is 152 cm³/mol. The number of hydrogen-bond acceptors (Lipinski definition) is 6. The molecule has 9 nitrogen and oxygen atoms in total. The second kappa shape index (κ2) is 13.3. The third kappa shape index (κ3) is 7.87. The Bertz CT molecular complexity index is 1400. The molecule has 0 radical (unpaired) electrons. The zero-order chi connectivity index (χ0) is 28.6. The Hall–Kier alpha value is -3.76. The van der Waals surface area contributed by atoms with E-state index >= 15 is 0 Å². The number of likely N-dealkylation sites (N-methyl/N-ethyl adjacent to an activating group) is 1. The molecule has 0 aliphatic heterocycles. The van der Waals surface area contributed by atoms with Gasteiger partial charge in [-0.15, -0.1) is 0 Å². The van der Waals surface area contributed by atoms with Crippen LogP contribution in [0.15, 0.2) is 72.8 Å². The molecule has 0 saturated carbocycles. The smallest absolute Gasteiger partial charge is 0.244 e. The van der Waals surface area contributed by atoms with Crippen LogP contribution in [0.1, 0.15) is 11.1 Å². The molecule has 1 atom stereocenters. The van der Waals surface area contributed by atoms with Crippen LogP contribution < -0.4 is 19.1 Å². The molecule has 0 spiro atoms. The molecule has 1 N–H and O–H groups in total. The van der Waals surface area contributed by atoms with Crippen molar-refractivity contribution in [3.05, 3.63) is 88.9 Å². The van der Waals surface area contributed by atoms with Gasteiger partial charge in [0.05, 0.1) is 26.2 Å². The summed E-state index contributed by atoms with van der Waals surface area (Å²) in [7, 11) is 0.380. The van der Waals surface area contributed by atoms with Crippen LogP contribution in [0.4, 0.5) is 5.69 Å². The highest BCUT2D eigenvalue weighted by Gasteiger charge is 2.33. The summed E-state index contributed by atoms with van der Waals surface area (Å²) < 4.78 is 37.6. The third-order valence-corrected chi connectivity index (χ3v) is 7.45. The van der Waals surface area contributed by atoms with E-state index < -0.39 is 28.5 Å². The standard InChI is InChI=1S/C28H32ClN3O6S/c1-30-28(34)25(16-20-9-6-5-7-10-20)31(18-21-11-8-12-22(29)15-21)27(33)19-32(39(4,35)36)24-17-23(37-2)13-14-26(24)38-3/h5-15,17,25H,16,18-19H2,1-4H3,(H,30,34)/t25-/m0/s1. The molecule has 0 aliphatic rings. The number of methoxy groups -OCH3 is 2. The van der Waals surface area contributed by atoms with Crippen molar-refractivity contribution in [2.24, 2.45) is 0 Å². The van der Waals surface area contributed by atoms with E-state index in [2.05, 4.69) is 5.32 Å². The maximum Gasteiger partial charge on any atom is 0.244 e. The highest BCUT2D eigenvalue weighted by molar-refractivity contribution is 7.92. The van der Waals surface area contributed by atoms with E-state index in [0.717, 1.165) is 16.1 Å². The molecule has 3 rings (SSSR count). The van der Waals surface area contributed by atoms with Crippen molar-refractivity contribution in [3.63, 3.8) is 0 Å². The van der Waals surface area contributed by atoms with Crippen LogP contribution >= 0.6 is 11.6 Å². The van der Waals surface area contributed by atoms with E-state index in [1.165, 1.54) is 32.2 Å². The zero-order valence-electron chi connectivity index (χ0n) is 22.3. The Morgan fingerprint density at radius 2 is 1.64 bits per heavy atom. The van der Waals surface area contributed by atoms with Gasteiger partial charge in [-0.25, -0.2) is 8.42 Å². The fourth-order valence-corrected chi connectivity index (χ4v) is 5.20. The fraction of sp³-hybridized carbons (Fsp3) is 0.286. The lowest BCUT2D eigenvalue weighted by molar-refractivity contribution is -0.139. The normalized spacial score (nSPS) is 11.8. The molecule has 0 aromatic heterocycles. The lowest BCUT2D eigenvalue weighted by Gasteiger charge is -2.33. The summed E-state index contributed by atoms with van der Waals surface area (Å²) in [5.41, 5.74) is 1.65. The van der Waals surface area contributed by atoms with Gasteiger partial charge in [0.25, 0.3) is 0 Å². The minimum Gasteiger partial charge on any atom is -0.497 e. The number of hydrogen-bond donors (Lipinski definition) is 1. The summed E-state index contributed by atoms with van der Waals surface area (Å²) in [6.07, 6.45) is 1.22. The highest BCUT2D eigenvalue weighted by atomic mass is 35.5. The van der Waals surface area contributed by atoms with E-state index in [1.54, 1.807) is 36.4 Å². The Balaban J connectivity index is 2.08. The summed E-state index contributed by atoms with van der Waals surface area (Å²) in [4.78, 5) is 28.5. The van der Waals surface area contributed by atoms with Gasteiger partial charge in [0, 0.05) is 31.1 Å². The van der Waals surface area contributed by atoms with Crippen molar-refractivity contribution >= 4 is 39.1 Å². The van der Waals surface area contributed by atoms with Crippen LogP contribution in [-0.4, -0.2) is 65.2 Å². The molecule has 2 amide bonds. The Morgan fingerprint density at radius 3 is 2.23 bits per heavy atom. The molecule has 0 saturated heterocycles. The lowest BCUT2D eigenvalue weighted by atomic mass is 10.0. The van der Waals surface area contributed by atoms with Gasteiger partial charge in [-0.05, 0) is 35.4 Å². The number of halogens is 1. The number of amides is 2. The van der Waals surface area contributed by atoms with E-state index in [-0.39, 0.29) is 30.3 Å². The topological polar surface area (TPSA) is 105 Å². The van der Waals surface area contributed by atoms with Gasteiger partial charge in [0.2, 0.25) is 21.8 Å². The van der Waals surface area contributed by atoms with Crippen LogP contribution in [0.2, 0.25) is 5.02 Å². The van der Waals surface area contributed by atoms with Gasteiger partial charge in [-0.2, -0.15) is 0 Å². The summed E-state index contributed by atoms with van der Waals surface area (Å²) in [5.74, 6) is -0.355. The quantitative estimate of drug-likeness (QED) is 0.355. The number of rotatable bonds is 12. The van der Waals surface area contributed by atoms with Crippen molar-refractivity contribution in [2.75, 3.05) is 38.4 Å². The van der Waals surface area contributed by atoms with Crippen LogP contribution in [-0.2, 0) is 32.6 Å². The monoisotopic (exact) mass is 573 g/mol. The van der Waals surface area contributed by atoms with Crippen LogP contribution in [0.3, 0.4) is 0 Å². The Labute approximate surface area is 234 Å². The van der Waals surface area contributed by atoms with E-state index in [9.17, 15) is 18.0 Å². The third-order valence-electron chi connectivity index (χ3n) is 6.09. The van der Waals surface area contributed by atoms with E-state index in [4.69, 9.17) is 21.1 Å². The van der Waals surface area contributed by atoms with Gasteiger partial charge in [0.15, 0.2) is 0 Å². The maximum atomic E-state index is 14.0. The highest BCUT2D eigenvalue weighted by Crippen LogP contribution is 2.34. The number of carbonyl (C=O) groups is 2. The minimum absolute atomic E-state index is 0.0250. The van der Waals surface area contributed by atoms with Crippen molar-refractivity contribution in [1.29, 1.82) is 0 Å². The molecular formula is C28H32ClN3O6S. The number of benzene rings is 3. The van der Waals surface area contributed by atoms with Crippen molar-refractivity contribution < 1.29 is 27.5 Å². The van der Waals surface area contributed by atoms with Gasteiger partial charge >= 0.3 is 0 Å². The van der Waals surface area contributed by atoms with Gasteiger partial charge in [-0.3, -0.25) is 13.9 Å². The number of anilines is 1. The molecule has 0 bridgehead atoms. The molecule has 39 heavy (non-hydrogen) atoms. The number of ether oxygens (including phenoxy) is 2. The van der Waals surface area contributed by atoms with Crippen LogP contribution in [0, 0.1) is 0 Å². The first-order chi connectivity index (χ1) is 18.6. The molecule has 3 aromatic rings. The minimum atomic E-state index is -3.97. The average molecular weight is 574 g/mol. The first-order valence-corrected chi connectivity index (χ1v) is 14.3. The number of nitrogens with zero attached hydrogens (tertiary/aromatic N) is 2. The summed E-state index contributed by atoms with van der Waals surface area (Å²) in [5, 5.41) is 3.11. The summed E-state index contributed by atoms with van der Waals surface area (Å²) in [6.45, 7) is -0.553. The molecule has 3 aromatic carbocycles. The second-order valence-corrected chi connectivity index (χ2v) is 11.1. The van der Waals surface area contributed by atoms with E-state index in [0.29, 0.717) is 16.3 Å². The maximum absolute atomic E-state index is 14.0. The molecule has 11 heteroatoms. The first kappa shape index (κ1) is 29.8. The average Bonchev–Trinajstić information content (AvgIpc) is 2.92. The zero-order valence-corrected chi connectivity index (χ0v) is 23.8. The van der Waals surface area contributed by atoms with Gasteiger partial charge in [-0.1, -0.05) is 54.1 Å². The molecule has 208 valence electrons. The molecule has 0 fully saturated rings. The van der Waals surface area contributed by atoms with Crippen LogP contribution in [0.5, 0.6) is 11.5 Å². The van der Waals surface area contributed by atoms with Gasteiger partial charge in [0.1, 0.15) is 24.1 Å². The number of sulfonamides is 1. The second-order valence-electron chi connectivity index (χ2n) is 8.78. The van der Waals surface area contributed by atoms with Crippen molar-refractivity contribution in [2.45, 2.75) is 19.0 Å². The van der Waals surface area contributed by atoms with Crippen molar-refractivity contribution in [1.82, 2.24) is 10.2 Å². The first-order valence-electron chi connectivity index (χ1n) is 12.1. The number of carbonyl (C=O) groups excluding carboxylic acids is 2. The summed E-state index contributed by atoms with van der Waals surface area (Å²) >= 11 is 6.20. The lowest BCUT2D eigenvalue weighted by Crippen LogP contribution is -2.52. The predicted octanol–water partition coefficient (Wildman–Crippen LogP) is 3.51. The van der Waals surface area contributed by atoms with Crippen molar-refractivity contribution in [3.8, 4) is 11.5 Å². The van der Waals surface area contributed by atoms with E-state index in [1.807, 2.05) is 30.3 Å². The molecule has 0 unspecified atom stereocenters. The Kier molecular flexibility index (Phi) is 10.2. The molecular weight excluding hydrogens is 542 g/mol. The fourth-order valence-electron chi connectivity index (χ4n) is 4.14. The van der Waals surface area contributed by atoms with Gasteiger partial charge < -0.3 is 19.7 Å². The Morgan fingerprint density at radius 1 is 0.949 bits per heavy atom. The molecule has 0 heterocycles.